The summed E-state index contributed by atoms with van der Waals surface area (Å²) in [6.45, 7) is 1.98. The van der Waals surface area contributed by atoms with Crippen LogP contribution >= 0.6 is 0 Å². The molecule has 0 saturated carbocycles. The lowest BCUT2D eigenvalue weighted by molar-refractivity contribution is 0.833. The molecule has 0 aliphatic rings. The Morgan fingerprint density at radius 3 is 2.47 bits per heavy atom. The molecule has 178 valence electrons. The average Bonchev–Trinajstić information content (AvgIpc) is 2.89. The van der Waals surface area contributed by atoms with E-state index in [0.29, 0.717) is 34.3 Å². The molecule has 0 amide bonds. The lowest BCUT2D eigenvalue weighted by Crippen LogP contribution is -2.24. The predicted octanol–water partition coefficient (Wildman–Crippen LogP) is 2.82. The molecular weight excluding hydrogens is 456 g/mol. The van der Waals surface area contributed by atoms with E-state index in [-0.39, 0.29) is 28.4 Å². The maximum absolute atomic E-state index is 13.4. The number of hydrogen-bond acceptors (Lipinski definition) is 8. The van der Waals surface area contributed by atoms with Crippen LogP contribution in [0.15, 0.2) is 82.6 Å². The van der Waals surface area contributed by atoms with E-state index in [1.54, 1.807) is 16.8 Å². The molecule has 5 aromatic rings. The minimum atomic E-state index is -0.207. The van der Waals surface area contributed by atoms with Crippen molar-refractivity contribution >= 4 is 22.7 Å². The fraction of sp³-hybridized carbons (Fsp3) is 0.0769. The van der Waals surface area contributed by atoms with Gasteiger partial charge in [-0.1, -0.05) is 37.3 Å². The predicted molar refractivity (Wildman–Crippen MR) is 138 cm³/mol. The van der Waals surface area contributed by atoms with Gasteiger partial charge in [0.05, 0.1) is 22.8 Å². The van der Waals surface area contributed by atoms with Crippen molar-refractivity contribution in [2.75, 3.05) is 11.5 Å². The number of aromatic nitrogens is 5. The zero-order valence-electron chi connectivity index (χ0n) is 19.3. The summed E-state index contributed by atoms with van der Waals surface area (Å²) in [6, 6.07) is 20.1. The zero-order chi connectivity index (χ0) is 25.7. The first-order valence-electron chi connectivity index (χ1n) is 11.0. The maximum atomic E-state index is 13.4. The summed E-state index contributed by atoms with van der Waals surface area (Å²) < 4.78 is 1.65. The first-order chi connectivity index (χ1) is 17.4. The molecule has 5 N–H and O–H groups in total. The SMILES string of the molecule is CCc1nc2cccc(-c3cc[nH]c(=O)c3)c2c(=O)n1-c1ccccc1.N#Cc1cnc(N)nc1N. The number of hydrogen-bond donors (Lipinski definition) is 3. The van der Waals surface area contributed by atoms with Crippen LogP contribution in [-0.4, -0.2) is 24.5 Å². The second-order valence-electron chi connectivity index (χ2n) is 7.64. The van der Waals surface area contributed by atoms with Crippen molar-refractivity contribution in [3.63, 3.8) is 0 Å². The molecule has 2 aromatic carbocycles. The Morgan fingerprint density at radius 1 is 1.03 bits per heavy atom. The van der Waals surface area contributed by atoms with Crippen molar-refractivity contribution < 1.29 is 0 Å². The molecule has 0 unspecified atom stereocenters. The lowest BCUT2D eigenvalue weighted by Gasteiger charge is -2.14. The molecule has 0 radical (unpaired) electrons. The Hall–Kier alpha value is -5.30. The number of anilines is 2. The van der Waals surface area contributed by atoms with Crippen LogP contribution in [-0.2, 0) is 6.42 Å². The van der Waals surface area contributed by atoms with Crippen molar-refractivity contribution in [3.8, 4) is 22.9 Å². The number of fused-ring (bicyclic) bond motifs is 1. The summed E-state index contributed by atoms with van der Waals surface area (Å²) in [6.07, 6.45) is 3.51. The van der Waals surface area contributed by atoms with Gasteiger partial charge in [0.1, 0.15) is 23.3 Å². The van der Waals surface area contributed by atoms with E-state index in [9.17, 15) is 9.59 Å². The molecule has 0 atom stereocenters. The summed E-state index contributed by atoms with van der Waals surface area (Å²) in [4.78, 5) is 39.6. The minimum absolute atomic E-state index is 0.0801. The van der Waals surface area contributed by atoms with Crippen LogP contribution in [0.3, 0.4) is 0 Å². The quantitative estimate of drug-likeness (QED) is 0.355. The summed E-state index contributed by atoms with van der Waals surface area (Å²) >= 11 is 0. The number of nitrogens with zero attached hydrogens (tertiary/aromatic N) is 5. The average molecular weight is 479 g/mol. The number of nitrogens with one attached hydrogen (secondary N) is 1. The van der Waals surface area contributed by atoms with Gasteiger partial charge >= 0.3 is 0 Å². The van der Waals surface area contributed by atoms with Crippen LogP contribution in [0.1, 0.15) is 18.3 Å². The molecule has 3 heterocycles. The Balaban J connectivity index is 0.000000256. The Labute approximate surface area is 205 Å². The van der Waals surface area contributed by atoms with E-state index < -0.39 is 0 Å². The van der Waals surface area contributed by atoms with Crippen molar-refractivity contribution in [1.29, 1.82) is 5.26 Å². The Morgan fingerprint density at radius 2 is 1.81 bits per heavy atom. The monoisotopic (exact) mass is 478 g/mol. The molecule has 0 aliphatic carbocycles. The van der Waals surface area contributed by atoms with Gasteiger partial charge in [-0.3, -0.25) is 14.2 Å². The minimum Gasteiger partial charge on any atom is -0.382 e. The van der Waals surface area contributed by atoms with E-state index in [0.717, 1.165) is 5.69 Å². The van der Waals surface area contributed by atoms with Gasteiger partial charge in [-0.2, -0.15) is 10.2 Å². The number of para-hydroxylation sites is 1. The number of H-pyrrole nitrogens is 1. The number of pyridine rings is 1. The van der Waals surface area contributed by atoms with Crippen molar-refractivity contribution in [2.45, 2.75) is 13.3 Å². The number of aryl methyl sites for hydroxylation is 1. The van der Waals surface area contributed by atoms with Crippen LogP contribution in [0.25, 0.3) is 27.7 Å². The van der Waals surface area contributed by atoms with Gasteiger partial charge in [0.15, 0.2) is 0 Å². The summed E-state index contributed by atoms with van der Waals surface area (Å²) in [5.74, 6) is 0.906. The van der Waals surface area contributed by atoms with Crippen molar-refractivity contribution in [1.82, 2.24) is 24.5 Å². The number of rotatable bonds is 3. The van der Waals surface area contributed by atoms with Crippen molar-refractivity contribution in [2.24, 2.45) is 0 Å². The highest BCUT2D eigenvalue weighted by atomic mass is 16.1. The molecular formula is C26H22N8O2. The van der Waals surface area contributed by atoms with Gasteiger partial charge in [0.25, 0.3) is 5.56 Å². The summed E-state index contributed by atoms with van der Waals surface area (Å²) in [5.41, 5.74) is 13.2. The van der Waals surface area contributed by atoms with E-state index in [2.05, 4.69) is 15.0 Å². The number of aromatic amines is 1. The Kier molecular flexibility index (Phi) is 6.83. The van der Waals surface area contributed by atoms with Crippen molar-refractivity contribution in [3.05, 3.63) is 105 Å². The Bertz CT molecular complexity index is 1700. The fourth-order valence-corrected chi connectivity index (χ4v) is 3.70. The zero-order valence-corrected chi connectivity index (χ0v) is 19.3. The number of nitriles is 1. The third-order valence-electron chi connectivity index (χ3n) is 5.34. The topological polar surface area (TPSA) is 169 Å². The molecule has 3 aromatic heterocycles. The first kappa shape index (κ1) is 23.8. The number of nitrogen functional groups attached to an aromatic ring is 2. The van der Waals surface area contributed by atoms with Crippen LogP contribution in [0.5, 0.6) is 0 Å². The largest absolute Gasteiger partial charge is 0.382 e. The smallest absolute Gasteiger partial charge is 0.266 e. The normalized spacial score (nSPS) is 10.3. The molecule has 0 saturated heterocycles. The molecule has 0 fully saturated rings. The lowest BCUT2D eigenvalue weighted by atomic mass is 10.0. The van der Waals surface area contributed by atoms with E-state index in [1.165, 1.54) is 12.3 Å². The van der Waals surface area contributed by atoms with Gasteiger partial charge in [0, 0.05) is 18.7 Å². The second-order valence-corrected chi connectivity index (χ2v) is 7.64. The number of nitrogens with two attached hydrogens (primary N) is 2. The highest BCUT2D eigenvalue weighted by molar-refractivity contribution is 5.94. The van der Waals surface area contributed by atoms with Gasteiger partial charge in [0.2, 0.25) is 11.5 Å². The van der Waals surface area contributed by atoms with Gasteiger partial charge in [-0.25, -0.2) is 9.97 Å². The molecule has 0 bridgehead atoms. The van der Waals surface area contributed by atoms with E-state index in [1.807, 2.05) is 61.5 Å². The molecule has 0 aliphatic heterocycles. The molecule has 0 spiro atoms. The number of benzene rings is 2. The maximum Gasteiger partial charge on any atom is 0.266 e. The molecule has 36 heavy (non-hydrogen) atoms. The molecule has 5 rings (SSSR count). The van der Waals surface area contributed by atoms with Crippen LogP contribution < -0.4 is 22.6 Å². The summed E-state index contributed by atoms with van der Waals surface area (Å²) in [7, 11) is 0. The summed E-state index contributed by atoms with van der Waals surface area (Å²) in [5, 5.41) is 8.87. The van der Waals surface area contributed by atoms with Crippen LogP contribution in [0.4, 0.5) is 11.8 Å². The van der Waals surface area contributed by atoms with Gasteiger partial charge in [-0.05, 0) is 35.4 Å². The third kappa shape index (κ3) is 4.80. The van der Waals surface area contributed by atoms with Crippen LogP contribution in [0, 0.1) is 11.3 Å². The highest BCUT2D eigenvalue weighted by Gasteiger charge is 2.15. The molecule has 10 heteroatoms. The van der Waals surface area contributed by atoms with E-state index in [4.69, 9.17) is 21.7 Å². The molecule has 10 nitrogen and oxygen atoms in total. The highest BCUT2D eigenvalue weighted by Crippen LogP contribution is 2.25. The standard InChI is InChI=1S/C21H17N3O2.C5H5N5/c1-2-18-23-17-10-6-9-16(14-11-12-22-19(25)13-14)20(17)21(26)24(18)15-7-4-3-5-8-15;6-1-3-2-9-5(8)10-4(3)7/h3-13H,2H2,1H3,(H,22,25);2H,(H4,7,8,9,10). The van der Waals surface area contributed by atoms with Gasteiger partial charge < -0.3 is 16.5 Å². The van der Waals surface area contributed by atoms with E-state index >= 15 is 0 Å². The first-order valence-corrected chi connectivity index (χ1v) is 11.0. The van der Waals surface area contributed by atoms with Crippen LogP contribution in [0.2, 0.25) is 0 Å². The van der Waals surface area contributed by atoms with Gasteiger partial charge in [-0.15, -0.1) is 0 Å². The second kappa shape index (κ2) is 10.3. The third-order valence-corrected chi connectivity index (χ3v) is 5.34. The fourth-order valence-electron chi connectivity index (χ4n) is 3.70.